The number of hydrogen-bond acceptors (Lipinski definition) is 4. The largest absolute Gasteiger partial charge is 0.396 e. The minimum absolute atomic E-state index is 0.0582. The monoisotopic (exact) mass is 254 g/mol. The lowest BCUT2D eigenvalue weighted by Gasteiger charge is -2.06. The third-order valence-corrected chi connectivity index (χ3v) is 2.72. The van der Waals surface area contributed by atoms with Crippen molar-refractivity contribution in [2.45, 2.75) is 33.7 Å². The first-order valence-corrected chi connectivity index (χ1v) is 6.20. The van der Waals surface area contributed by atoms with E-state index in [1.54, 1.807) is 4.68 Å². The van der Waals surface area contributed by atoms with Crippen molar-refractivity contribution in [2.24, 2.45) is 0 Å². The number of carbonyl (C=O) groups excluding carboxylic acids is 1. The van der Waals surface area contributed by atoms with Gasteiger partial charge in [0.2, 0.25) is 5.91 Å². The molecule has 6 nitrogen and oxygen atoms in total. The second-order valence-corrected chi connectivity index (χ2v) is 4.14. The summed E-state index contributed by atoms with van der Waals surface area (Å²) in [6.07, 6.45) is 0.818. The van der Waals surface area contributed by atoms with Crippen LogP contribution in [0.5, 0.6) is 0 Å². The quantitative estimate of drug-likeness (QED) is 0.699. The Morgan fingerprint density at radius 3 is 2.78 bits per heavy atom. The summed E-state index contributed by atoms with van der Waals surface area (Å²) in [6.45, 7) is 7.84. The zero-order valence-electron chi connectivity index (χ0n) is 11.3. The molecular formula is C12H22N4O2. The van der Waals surface area contributed by atoms with Gasteiger partial charge in [-0.25, -0.2) is 0 Å². The molecule has 0 aliphatic rings. The van der Waals surface area contributed by atoms with Crippen LogP contribution < -0.4 is 11.1 Å². The first-order chi connectivity index (χ1) is 8.56. The number of nitrogens with one attached hydrogen (secondary N) is 1. The zero-order valence-corrected chi connectivity index (χ0v) is 11.3. The summed E-state index contributed by atoms with van der Waals surface area (Å²) in [5, 5.41) is 7.04. The topological polar surface area (TPSA) is 82.2 Å². The molecule has 0 saturated carbocycles. The van der Waals surface area contributed by atoms with Crippen LogP contribution in [0.2, 0.25) is 0 Å². The Hall–Kier alpha value is -1.56. The van der Waals surface area contributed by atoms with Crippen LogP contribution in [0, 0.1) is 13.8 Å². The van der Waals surface area contributed by atoms with E-state index in [1.807, 2.05) is 20.8 Å². The Labute approximate surface area is 107 Å². The second kappa shape index (κ2) is 7.00. The number of anilines is 1. The molecule has 0 radical (unpaired) electrons. The average molecular weight is 254 g/mol. The third kappa shape index (κ3) is 4.03. The van der Waals surface area contributed by atoms with Crippen LogP contribution in [0.1, 0.15) is 24.7 Å². The molecule has 0 aliphatic heterocycles. The van der Waals surface area contributed by atoms with Crippen LogP contribution in [-0.4, -0.2) is 35.4 Å². The lowest BCUT2D eigenvalue weighted by Crippen LogP contribution is -2.29. The number of aryl methyl sites for hydroxylation is 1. The van der Waals surface area contributed by atoms with Crippen molar-refractivity contribution in [3.63, 3.8) is 0 Å². The predicted octanol–water partition coefficient (Wildman–Crippen LogP) is 0.625. The smallest absolute Gasteiger partial charge is 0.241 e. The van der Waals surface area contributed by atoms with Gasteiger partial charge >= 0.3 is 0 Å². The van der Waals surface area contributed by atoms with Crippen LogP contribution in [0.3, 0.4) is 0 Å². The van der Waals surface area contributed by atoms with Crippen molar-refractivity contribution in [3.05, 3.63) is 11.4 Å². The molecule has 1 aromatic heterocycles. The summed E-state index contributed by atoms with van der Waals surface area (Å²) in [5.41, 5.74) is 8.05. The molecule has 1 heterocycles. The summed E-state index contributed by atoms with van der Waals surface area (Å²) in [4.78, 5) is 11.7. The fraction of sp³-hybridized carbons (Fsp3) is 0.667. The number of nitrogens with zero attached hydrogens (tertiary/aromatic N) is 2. The normalized spacial score (nSPS) is 10.6. The maximum absolute atomic E-state index is 11.7. The Kier molecular flexibility index (Phi) is 5.64. The molecule has 0 spiro atoms. The van der Waals surface area contributed by atoms with Crippen molar-refractivity contribution in [2.75, 3.05) is 25.5 Å². The summed E-state index contributed by atoms with van der Waals surface area (Å²) in [6, 6.07) is 0. The minimum Gasteiger partial charge on any atom is -0.396 e. The molecule has 1 amide bonds. The van der Waals surface area contributed by atoms with Gasteiger partial charge in [-0.2, -0.15) is 5.10 Å². The van der Waals surface area contributed by atoms with Gasteiger partial charge in [0.25, 0.3) is 0 Å². The molecule has 1 aromatic rings. The van der Waals surface area contributed by atoms with Crippen LogP contribution >= 0.6 is 0 Å². The average Bonchev–Trinajstić information content (AvgIpc) is 2.57. The highest BCUT2D eigenvalue weighted by atomic mass is 16.5. The van der Waals surface area contributed by atoms with Crippen LogP contribution in [-0.2, 0) is 16.1 Å². The highest BCUT2D eigenvalue weighted by molar-refractivity contribution is 5.75. The molecule has 102 valence electrons. The number of nitrogen functional groups attached to an aromatic ring is 1. The lowest BCUT2D eigenvalue weighted by atomic mass is 10.3. The van der Waals surface area contributed by atoms with Crippen molar-refractivity contribution in [1.29, 1.82) is 0 Å². The van der Waals surface area contributed by atoms with E-state index in [0.717, 1.165) is 17.8 Å². The molecular weight excluding hydrogens is 232 g/mol. The molecule has 0 fully saturated rings. The summed E-state index contributed by atoms with van der Waals surface area (Å²) >= 11 is 0. The zero-order chi connectivity index (χ0) is 13.5. The first kappa shape index (κ1) is 14.5. The number of carbonyl (C=O) groups is 1. The van der Waals surface area contributed by atoms with Gasteiger partial charge in [-0.05, 0) is 27.2 Å². The van der Waals surface area contributed by atoms with E-state index in [9.17, 15) is 4.79 Å². The molecule has 0 saturated heterocycles. The van der Waals surface area contributed by atoms with Crippen LogP contribution in [0.4, 0.5) is 5.69 Å². The predicted molar refractivity (Wildman–Crippen MR) is 70.2 cm³/mol. The van der Waals surface area contributed by atoms with Gasteiger partial charge in [-0.1, -0.05) is 0 Å². The molecule has 0 unspecified atom stereocenters. The van der Waals surface area contributed by atoms with Gasteiger partial charge < -0.3 is 15.8 Å². The van der Waals surface area contributed by atoms with Crippen LogP contribution in [0.15, 0.2) is 0 Å². The number of amides is 1. The number of rotatable bonds is 7. The maximum atomic E-state index is 11.7. The Morgan fingerprint density at radius 2 is 2.22 bits per heavy atom. The van der Waals surface area contributed by atoms with E-state index in [-0.39, 0.29) is 12.5 Å². The number of ether oxygens (including phenoxy) is 1. The Bertz CT molecular complexity index is 401. The van der Waals surface area contributed by atoms with E-state index in [2.05, 4.69) is 10.4 Å². The van der Waals surface area contributed by atoms with Crippen molar-refractivity contribution < 1.29 is 9.53 Å². The molecule has 3 N–H and O–H groups in total. The van der Waals surface area contributed by atoms with Gasteiger partial charge in [0.15, 0.2) is 0 Å². The van der Waals surface area contributed by atoms with Gasteiger partial charge in [-0.3, -0.25) is 9.48 Å². The first-order valence-electron chi connectivity index (χ1n) is 6.20. The van der Waals surface area contributed by atoms with Crippen molar-refractivity contribution >= 4 is 11.6 Å². The number of hydrogen-bond donors (Lipinski definition) is 2. The molecule has 6 heteroatoms. The lowest BCUT2D eigenvalue weighted by molar-refractivity contribution is -0.121. The molecule has 0 aliphatic carbocycles. The summed E-state index contributed by atoms with van der Waals surface area (Å²) < 4.78 is 6.81. The summed E-state index contributed by atoms with van der Waals surface area (Å²) in [5.74, 6) is -0.0582. The molecule has 0 aromatic carbocycles. The molecule has 1 rings (SSSR count). The van der Waals surface area contributed by atoms with Gasteiger partial charge in [0, 0.05) is 19.8 Å². The second-order valence-electron chi connectivity index (χ2n) is 4.14. The number of aromatic nitrogens is 2. The fourth-order valence-corrected chi connectivity index (χ4v) is 1.60. The SMILES string of the molecule is CCOCCCNC(=O)Cn1nc(C)c(N)c1C. The van der Waals surface area contributed by atoms with E-state index in [1.165, 1.54) is 0 Å². The highest BCUT2D eigenvalue weighted by Gasteiger charge is 2.10. The standard InChI is InChI=1S/C12H22N4O2/c1-4-18-7-5-6-14-11(17)8-16-10(3)12(13)9(2)15-16/h4-8,13H2,1-3H3,(H,14,17). The van der Waals surface area contributed by atoms with E-state index in [0.29, 0.717) is 25.4 Å². The Morgan fingerprint density at radius 1 is 1.50 bits per heavy atom. The van der Waals surface area contributed by atoms with Gasteiger partial charge in [0.05, 0.1) is 17.1 Å². The Balaban J connectivity index is 2.33. The molecule has 18 heavy (non-hydrogen) atoms. The summed E-state index contributed by atoms with van der Waals surface area (Å²) in [7, 11) is 0. The number of nitrogens with two attached hydrogens (primary N) is 1. The van der Waals surface area contributed by atoms with Crippen molar-refractivity contribution in [1.82, 2.24) is 15.1 Å². The highest BCUT2D eigenvalue weighted by Crippen LogP contribution is 2.14. The fourth-order valence-electron chi connectivity index (χ4n) is 1.60. The minimum atomic E-state index is -0.0582. The van der Waals surface area contributed by atoms with Crippen molar-refractivity contribution in [3.8, 4) is 0 Å². The van der Waals surface area contributed by atoms with Gasteiger partial charge in [-0.15, -0.1) is 0 Å². The van der Waals surface area contributed by atoms with Crippen LogP contribution in [0.25, 0.3) is 0 Å². The van der Waals surface area contributed by atoms with E-state index < -0.39 is 0 Å². The van der Waals surface area contributed by atoms with Gasteiger partial charge in [0.1, 0.15) is 6.54 Å². The molecule has 0 bridgehead atoms. The maximum Gasteiger partial charge on any atom is 0.241 e. The van der Waals surface area contributed by atoms with E-state index >= 15 is 0 Å². The van der Waals surface area contributed by atoms with E-state index in [4.69, 9.17) is 10.5 Å². The molecule has 0 atom stereocenters. The third-order valence-electron chi connectivity index (χ3n) is 2.72.